The van der Waals surface area contributed by atoms with Gasteiger partial charge in [-0.2, -0.15) is 0 Å². The van der Waals surface area contributed by atoms with Crippen molar-refractivity contribution in [1.29, 1.82) is 0 Å². The average molecular weight is 860 g/mol. The lowest BCUT2D eigenvalue weighted by Crippen LogP contribution is -2.42. The molecule has 3 heterocycles. The van der Waals surface area contributed by atoms with Gasteiger partial charge in [-0.3, -0.25) is 0 Å². The molecular formula is C60H54BN3O2. The molecule has 0 aromatic heterocycles. The van der Waals surface area contributed by atoms with Gasteiger partial charge >= 0.3 is 0 Å². The normalized spacial score (nSPS) is 16.2. The highest BCUT2D eigenvalue weighted by Gasteiger charge is 2.41. The predicted octanol–water partition coefficient (Wildman–Crippen LogP) is 14.9. The van der Waals surface area contributed by atoms with Crippen molar-refractivity contribution in [2.45, 2.75) is 77.6 Å². The van der Waals surface area contributed by atoms with Gasteiger partial charge in [0.25, 0.3) is 0 Å². The number of nitrogens with one attached hydrogen (secondary N) is 1. The molecule has 0 spiro atoms. The van der Waals surface area contributed by atoms with Gasteiger partial charge in [-0.15, -0.1) is 0 Å². The van der Waals surface area contributed by atoms with Gasteiger partial charge in [0.2, 0.25) is 0 Å². The molecule has 0 atom stereocenters. The second-order valence-electron chi connectivity index (χ2n) is 20.6. The van der Waals surface area contributed by atoms with Crippen LogP contribution in [0.5, 0.6) is 23.0 Å². The van der Waals surface area contributed by atoms with Crippen molar-refractivity contribution in [1.82, 2.24) is 0 Å². The molecule has 0 fully saturated rings. The fourth-order valence-electron chi connectivity index (χ4n) is 11.3. The second kappa shape index (κ2) is 14.7. The molecular weight excluding hydrogens is 805 g/mol. The van der Waals surface area contributed by atoms with Gasteiger partial charge in [-0.1, -0.05) is 132 Å². The van der Waals surface area contributed by atoms with Crippen LogP contribution in [-0.2, 0) is 16.2 Å². The Morgan fingerprint density at radius 1 is 0.500 bits per heavy atom. The molecule has 0 radical (unpaired) electrons. The summed E-state index contributed by atoms with van der Waals surface area (Å²) in [5, 5.41) is 3.84. The minimum absolute atomic E-state index is 0.0135. The van der Waals surface area contributed by atoms with Crippen molar-refractivity contribution in [3.8, 4) is 34.1 Å². The minimum Gasteiger partial charge on any atom is -0.457 e. The number of anilines is 8. The van der Waals surface area contributed by atoms with Crippen molar-refractivity contribution in [2.24, 2.45) is 0 Å². The fourth-order valence-corrected chi connectivity index (χ4v) is 11.3. The zero-order valence-electron chi connectivity index (χ0n) is 38.9. The highest BCUT2D eigenvalue weighted by atomic mass is 16.5. The van der Waals surface area contributed by atoms with Crippen molar-refractivity contribution in [2.75, 3.05) is 15.1 Å². The molecule has 0 saturated carbocycles. The summed E-state index contributed by atoms with van der Waals surface area (Å²) in [4.78, 5) is 5.01. The van der Waals surface area contributed by atoms with E-state index >= 15 is 0 Å². The highest BCUT2D eigenvalue weighted by Crippen LogP contribution is 2.54. The van der Waals surface area contributed by atoms with E-state index in [-0.39, 0.29) is 16.2 Å². The molecule has 3 aliphatic heterocycles. The standard InChI is InChI=1S/C60H54BN3O2/c1-37-31-44-45(59(4,5)30-29-58(44,2)3)34-49(37)64-50-35-46-55(65-52-26-16-14-24-43(52)60(46,6)7)36-47(50)61-56-42(41-23-18-28-54-57(41)62-48-25-15-17-27-53(48)66-54)32-40(33-51(56)64)63(38-19-10-8-11-20-38)39-21-12-9-13-22-39/h8-28,31-36,61-62H,29-30H2,1-7H3. The van der Waals surface area contributed by atoms with Crippen LogP contribution in [0.2, 0.25) is 0 Å². The van der Waals surface area contributed by atoms with Crippen LogP contribution in [0.15, 0.2) is 164 Å². The Balaban J connectivity index is 1.18. The van der Waals surface area contributed by atoms with Gasteiger partial charge in [0.15, 0.2) is 18.8 Å². The number of para-hydroxylation sites is 6. The predicted molar refractivity (Wildman–Crippen MR) is 276 cm³/mol. The van der Waals surface area contributed by atoms with E-state index in [4.69, 9.17) is 9.47 Å². The Morgan fingerprint density at radius 2 is 1.11 bits per heavy atom. The molecule has 8 aromatic rings. The molecule has 0 bridgehead atoms. The number of hydrogen-bond donors (Lipinski definition) is 1. The van der Waals surface area contributed by atoms with Crippen LogP contribution >= 0.6 is 0 Å². The molecule has 0 unspecified atom stereocenters. The summed E-state index contributed by atoms with van der Waals surface area (Å²) in [6.07, 6.45) is 2.30. The lowest BCUT2D eigenvalue weighted by Gasteiger charge is -2.44. The number of nitrogens with zero attached hydrogens (tertiary/aromatic N) is 2. The first-order valence-corrected chi connectivity index (χ1v) is 23.5. The molecule has 1 aliphatic carbocycles. The third-order valence-corrected chi connectivity index (χ3v) is 15.1. The van der Waals surface area contributed by atoms with Crippen molar-refractivity contribution >= 4 is 63.7 Å². The number of hydrogen-bond acceptors (Lipinski definition) is 5. The quantitative estimate of drug-likeness (QED) is 0.175. The molecule has 66 heavy (non-hydrogen) atoms. The van der Waals surface area contributed by atoms with Crippen LogP contribution in [0.4, 0.5) is 45.5 Å². The molecule has 1 N–H and O–H groups in total. The molecule has 4 aliphatic rings. The summed E-state index contributed by atoms with van der Waals surface area (Å²) >= 11 is 0. The first-order valence-electron chi connectivity index (χ1n) is 23.5. The molecule has 0 saturated heterocycles. The Bertz CT molecular complexity index is 3230. The van der Waals surface area contributed by atoms with Crippen molar-refractivity contribution in [3.05, 3.63) is 192 Å². The van der Waals surface area contributed by atoms with Gasteiger partial charge in [0.05, 0.1) is 11.4 Å². The van der Waals surface area contributed by atoms with E-state index in [9.17, 15) is 0 Å². The maximum Gasteiger partial charge on any atom is 0.198 e. The second-order valence-corrected chi connectivity index (χ2v) is 20.6. The summed E-state index contributed by atoms with van der Waals surface area (Å²) in [6.45, 7) is 16.7. The van der Waals surface area contributed by atoms with E-state index in [0.717, 1.165) is 81.1 Å². The fraction of sp³-hybridized carbons (Fsp3) is 0.200. The third-order valence-electron chi connectivity index (χ3n) is 15.1. The Kier molecular flexibility index (Phi) is 8.97. The van der Waals surface area contributed by atoms with Crippen LogP contribution in [0.1, 0.15) is 82.2 Å². The summed E-state index contributed by atoms with van der Waals surface area (Å²) < 4.78 is 13.5. The number of aryl methyl sites for hydroxylation is 1. The molecule has 6 heteroatoms. The lowest BCUT2D eigenvalue weighted by molar-refractivity contribution is 0.332. The first-order chi connectivity index (χ1) is 31.9. The zero-order valence-corrected chi connectivity index (χ0v) is 38.9. The maximum atomic E-state index is 6.88. The molecule has 12 rings (SSSR count). The molecule has 324 valence electrons. The largest absolute Gasteiger partial charge is 0.457 e. The van der Waals surface area contributed by atoms with E-state index in [1.165, 1.54) is 50.1 Å². The molecule has 5 nitrogen and oxygen atoms in total. The smallest absolute Gasteiger partial charge is 0.198 e. The van der Waals surface area contributed by atoms with E-state index in [1.54, 1.807) is 0 Å². The minimum atomic E-state index is -0.294. The summed E-state index contributed by atoms with van der Waals surface area (Å²) in [7, 11) is 0.704. The van der Waals surface area contributed by atoms with Crippen molar-refractivity contribution < 1.29 is 9.47 Å². The SMILES string of the molecule is Cc1cc2c(cc1N1c3cc4c(cc3Bc3c(-c5cccc6c5Nc5ccccc5O6)cc(N(c5ccccc5)c5ccccc5)cc31)Oc1ccccc1C4(C)C)C(C)(C)CCC2(C)C. The van der Waals surface area contributed by atoms with E-state index in [0.29, 0.717) is 7.28 Å². The van der Waals surface area contributed by atoms with Crippen LogP contribution in [-0.4, -0.2) is 7.28 Å². The van der Waals surface area contributed by atoms with Gasteiger partial charge in [-0.25, -0.2) is 0 Å². The Labute approximate surface area is 389 Å². The van der Waals surface area contributed by atoms with Crippen LogP contribution in [0.25, 0.3) is 11.1 Å². The van der Waals surface area contributed by atoms with Crippen molar-refractivity contribution in [3.63, 3.8) is 0 Å². The maximum absolute atomic E-state index is 6.88. The lowest BCUT2D eigenvalue weighted by atomic mass is 9.57. The van der Waals surface area contributed by atoms with E-state index in [1.807, 2.05) is 12.1 Å². The van der Waals surface area contributed by atoms with E-state index < -0.39 is 0 Å². The third kappa shape index (κ3) is 6.29. The van der Waals surface area contributed by atoms with Crippen LogP contribution < -0.4 is 35.5 Å². The molecule has 8 aromatic carbocycles. The topological polar surface area (TPSA) is 37.0 Å². The van der Waals surface area contributed by atoms with E-state index in [2.05, 4.69) is 215 Å². The number of fused-ring (bicyclic) bond motifs is 7. The van der Waals surface area contributed by atoms with Gasteiger partial charge in [0.1, 0.15) is 11.5 Å². The van der Waals surface area contributed by atoms with Gasteiger partial charge < -0.3 is 24.6 Å². The first kappa shape index (κ1) is 40.3. The van der Waals surface area contributed by atoms with Gasteiger partial charge in [0, 0.05) is 56.2 Å². The molecule has 0 amide bonds. The van der Waals surface area contributed by atoms with Crippen LogP contribution in [0, 0.1) is 6.92 Å². The van der Waals surface area contributed by atoms with Crippen LogP contribution in [0.3, 0.4) is 0 Å². The monoisotopic (exact) mass is 859 g/mol. The summed E-state index contributed by atoms with van der Waals surface area (Å²) in [6, 6.07) is 59.4. The zero-order chi connectivity index (χ0) is 45.1. The number of rotatable bonds is 5. The summed E-state index contributed by atoms with van der Waals surface area (Å²) in [5.74, 6) is 3.47. The number of ether oxygens (including phenoxy) is 2. The Hall–Kier alpha value is -7.18. The highest BCUT2D eigenvalue weighted by molar-refractivity contribution is 6.73. The average Bonchev–Trinajstić information content (AvgIpc) is 3.32. The summed E-state index contributed by atoms with van der Waals surface area (Å²) in [5.41, 5.74) is 19.7. The van der Waals surface area contributed by atoms with Gasteiger partial charge in [-0.05, 0) is 137 Å². The Morgan fingerprint density at radius 3 is 1.83 bits per heavy atom. The number of benzene rings is 8.